The van der Waals surface area contributed by atoms with Crippen molar-refractivity contribution in [2.45, 2.75) is 26.2 Å². The maximum Gasteiger partial charge on any atom is 0.260 e. The van der Waals surface area contributed by atoms with Gasteiger partial charge in [0.2, 0.25) is 0 Å². The molecule has 0 spiro atoms. The summed E-state index contributed by atoms with van der Waals surface area (Å²) in [6, 6.07) is 16.8. The van der Waals surface area contributed by atoms with Crippen molar-refractivity contribution in [3.63, 3.8) is 0 Å². The van der Waals surface area contributed by atoms with Gasteiger partial charge < -0.3 is 15.0 Å². The third kappa shape index (κ3) is 6.62. The number of hydrogen-bond acceptors (Lipinski definition) is 5. The topological polar surface area (TPSA) is 83.0 Å². The van der Waals surface area contributed by atoms with E-state index in [0.717, 1.165) is 37.2 Å². The smallest absolute Gasteiger partial charge is 0.260 e. The van der Waals surface area contributed by atoms with Crippen LogP contribution in [-0.4, -0.2) is 48.7 Å². The van der Waals surface area contributed by atoms with E-state index in [1.165, 1.54) is 6.42 Å². The van der Waals surface area contributed by atoms with Crippen LogP contribution in [0.2, 0.25) is 0 Å². The highest BCUT2D eigenvalue weighted by molar-refractivity contribution is 5.99. The zero-order valence-corrected chi connectivity index (χ0v) is 17.3. The molecule has 1 heterocycles. The highest BCUT2D eigenvalue weighted by Gasteiger charge is 2.16. The molecule has 0 radical (unpaired) electrons. The summed E-state index contributed by atoms with van der Waals surface area (Å²) in [4.78, 5) is 26.0. The van der Waals surface area contributed by atoms with E-state index >= 15 is 0 Å². The van der Waals surface area contributed by atoms with E-state index in [1.807, 2.05) is 54.3 Å². The fourth-order valence-corrected chi connectivity index (χ4v) is 3.16. The summed E-state index contributed by atoms with van der Waals surface area (Å²) in [5.74, 6) is 0.436. The summed E-state index contributed by atoms with van der Waals surface area (Å²) in [6.07, 6.45) is 3.33. The van der Waals surface area contributed by atoms with Crippen molar-refractivity contribution in [1.29, 1.82) is 0 Å². The molecule has 7 nitrogen and oxygen atoms in total. The second-order valence-corrected chi connectivity index (χ2v) is 7.21. The summed E-state index contributed by atoms with van der Waals surface area (Å²) in [6.45, 7) is 3.66. The largest absolute Gasteiger partial charge is 0.484 e. The second kappa shape index (κ2) is 11.0. The molecule has 2 N–H and O–H groups in total. The number of piperidine rings is 1. The van der Waals surface area contributed by atoms with Crippen LogP contribution in [0.3, 0.4) is 0 Å². The number of likely N-dealkylation sites (tertiary alicyclic amines) is 1. The predicted molar refractivity (Wildman–Crippen MR) is 118 cm³/mol. The Bertz CT molecular complexity index is 860. The van der Waals surface area contributed by atoms with Gasteiger partial charge in [0, 0.05) is 18.8 Å². The molecule has 2 amide bonds. The number of carbonyl (C=O) groups excluding carboxylic acids is 2. The molecule has 0 saturated carbocycles. The summed E-state index contributed by atoms with van der Waals surface area (Å²) in [7, 11) is 0. The van der Waals surface area contributed by atoms with Gasteiger partial charge in [-0.2, -0.15) is 5.10 Å². The van der Waals surface area contributed by atoms with Crippen molar-refractivity contribution in [1.82, 2.24) is 10.3 Å². The Morgan fingerprint density at radius 1 is 1.00 bits per heavy atom. The van der Waals surface area contributed by atoms with Gasteiger partial charge in [-0.15, -0.1) is 0 Å². The summed E-state index contributed by atoms with van der Waals surface area (Å²) >= 11 is 0. The average molecular weight is 409 g/mol. The van der Waals surface area contributed by atoms with Gasteiger partial charge in [-0.3, -0.25) is 9.59 Å². The van der Waals surface area contributed by atoms with E-state index in [1.54, 1.807) is 12.1 Å². The fraction of sp³-hybridized carbons (Fsp3) is 0.348. The number of carbonyl (C=O) groups is 2. The van der Waals surface area contributed by atoms with Gasteiger partial charge in [0.25, 0.3) is 11.8 Å². The average Bonchev–Trinajstić information content (AvgIpc) is 2.81. The molecule has 0 atom stereocenters. The molecule has 0 aliphatic carbocycles. The van der Waals surface area contributed by atoms with Crippen molar-refractivity contribution in [3.8, 4) is 5.75 Å². The van der Waals surface area contributed by atoms with Crippen LogP contribution in [0.15, 0.2) is 59.7 Å². The molecular formula is C23H28N4O3. The Morgan fingerprint density at radius 3 is 2.40 bits per heavy atom. The molecule has 2 aromatic carbocycles. The molecule has 0 aromatic heterocycles. The van der Waals surface area contributed by atoms with E-state index in [4.69, 9.17) is 4.74 Å². The van der Waals surface area contributed by atoms with E-state index in [-0.39, 0.29) is 25.0 Å². The first-order chi connectivity index (χ1) is 14.6. The number of hydrogen-bond donors (Lipinski definition) is 2. The third-order valence-electron chi connectivity index (χ3n) is 4.92. The third-order valence-corrected chi connectivity index (χ3v) is 4.92. The molecule has 1 saturated heterocycles. The van der Waals surface area contributed by atoms with E-state index in [0.29, 0.717) is 11.5 Å². The van der Waals surface area contributed by atoms with Crippen LogP contribution < -0.4 is 15.5 Å². The van der Waals surface area contributed by atoms with Crippen LogP contribution >= 0.6 is 0 Å². The van der Waals surface area contributed by atoms with Gasteiger partial charge in [0.15, 0.2) is 6.61 Å². The Kier molecular flexibility index (Phi) is 7.83. The van der Waals surface area contributed by atoms with Crippen molar-refractivity contribution in [3.05, 3.63) is 60.2 Å². The fourth-order valence-electron chi connectivity index (χ4n) is 3.16. The molecule has 1 fully saturated rings. The molecule has 1 aliphatic rings. The van der Waals surface area contributed by atoms with Gasteiger partial charge in [-0.05, 0) is 68.1 Å². The Hall–Kier alpha value is -3.35. The first kappa shape index (κ1) is 21.4. The van der Waals surface area contributed by atoms with Crippen molar-refractivity contribution in [2.75, 3.05) is 31.6 Å². The molecular weight excluding hydrogens is 380 g/mol. The van der Waals surface area contributed by atoms with Crippen LogP contribution in [0.5, 0.6) is 5.75 Å². The van der Waals surface area contributed by atoms with Crippen LogP contribution in [0.4, 0.5) is 5.69 Å². The molecule has 158 valence electrons. The van der Waals surface area contributed by atoms with Crippen LogP contribution in [0.1, 0.15) is 31.7 Å². The molecule has 30 heavy (non-hydrogen) atoms. The normalized spacial score (nSPS) is 14.2. The zero-order chi connectivity index (χ0) is 21.2. The second-order valence-electron chi connectivity index (χ2n) is 7.21. The monoisotopic (exact) mass is 408 g/mol. The predicted octanol–water partition coefficient (Wildman–Crippen LogP) is 3.03. The SMILES string of the molecule is C/C(=N/NC(=O)CNc1ccccc1)c1ccc(OCC(=O)N2CCCCC2)cc1. The maximum atomic E-state index is 12.2. The van der Waals surface area contributed by atoms with Gasteiger partial charge in [-0.25, -0.2) is 5.43 Å². The Labute approximate surface area is 177 Å². The van der Waals surface area contributed by atoms with E-state index < -0.39 is 0 Å². The lowest BCUT2D eigenvalue weighted by molar-refractivity contribution is -0.134. The minimum atomic E-state index is -0.227. The zero-order valence-electron chi connectivity index (χ0n) is 17.3. The van der Waals surface area contributed by atoms with Crippen molar-refractivity contribution in [2.24, 2.45) is 5.10 Å². The lowest BCUT2D eigenvalue weighted by Crippen LogP contribution is -2.38. The highest BCUT2D eigenvalue weighted by Crippen LogP contribution is 2.14. The van der Waals surface area contributed by atoms with Crippen LogP contribution in [0, 0.1) is 0 Å². The van der Waals surface area contributed by atoms with Crippen molar-refractivity contribution >= 4 is 23.2 Å². The van der Waals surface area contributed by atoms with Gasteiger partial charge in [0.05, 0.1) is 12.3 Å². The van der Waals surface area contributed by atoms with Gasteiger partial charge >= 0.3 is 0 Å². The van der Waals surface area contributed by atoms with Gasteiger partial charge in [-0.1, -0.05) is 18.2 Å². The Morgan fingerprint density at radius 2 is 1.70 bits per heavy atom. The minimum absolute atomic E-state index is 0.0309. The summed E-state index contributed by atoms with van der Waals surface area (Å²) < 4.78 is 5.62. The standard InChI is InChI=1S/C23H28N4O3/c1-18(25-26-22(28)16-24-20-8-4-2-5-9-20)19-10-12-21(13-11-19)30-17-23(29)27-14-6-3-7-15-27/h2,4-5,8-13,24H,3,6-7,14-17H2,1H3,(H,26,28)/b25-18-. The summed E-state index contributed by atoms with van der Waals surface area (Å²) in [5.41, 5.74) is 4.97. The number of anilines is 1. The molecule has 0 bridgehead atoms. The number of amides is 2. The maximum absolute atomic E-state index is 12.2. The van der Waals surface area contributed by atoms with E-state index in [9.17, 15) is 9.59 Å². The molecule has 2 aromatic rings. The molecule has 7 heteroatoms. The van der Waals surface area contributed by atoms with Crippen molar-refractivity contribution < 1.29 is 14.3 Å². The molecule has 3 rings (SSSR count). The number of rotatable bonds is 8. The van der Waals surface area contributed by atoms with Crippen LogP contribution in [0.25, 0.3) is 0 Å². The van der Waals surface area contributed by atoms with Gasteiger partial charge in [0.1, 0.15) is 5.75 Å². The lowest BCUT2D eigenvalue weighted by Gasteiger charge is -2.26. The first-order valence-electron chi connectivity index (χ1n) is 10.2. The van der Waals surface area contributed by atoms with Crippen LogP contribution in [-0.2, 0) is 9.59 Å². The first-order valence-corrected chi connectivity index (χ1v) is 10.2. The number of ether oxygens (including phenoxy) is 1. The number of nitrogens with zero attached hydrogens (tertiary/aromatic N) is 2. The van der Waals surface area contributed by atoms with E-state index in [2.05, 4.69) is 15.8 Å². The number of hydrazone groups is 1. The Balaban J connectivity index is 1.43. The quantitative estimate of drug-likeness (QED) is 0.520. The number of benzene rings is 2. The lowest BCUT2D eigenvalue weighted by atomic mass is 10.1. The summed E-state index contributed by atoms with van der Waals surface area (Å²) in [5, 5.41) is 7.18. The number of para-hydroxylation sites is 1. The highest BCUT2D eigenvalue weighted by atomic mass is 16.5. The molecule has 1 aliphatic heterocycles. The molecule has 0 unspecified atom stereocenters. The minimum Gasteiger partial charge on any atom is -0.484 e. The number of nitrogens with one attached hydrogen (secondary N) is 2.